The van der Waals surface area contributed by atoms with Gasteiger partial charge in [-0.25, -0.2) is 12.7 Å². The molecule has 1 rings (SSSR count). The minimum absolute atomic E-state index is 0.385. The van der Waals surface area contributed by atoms with Gasteiger partial charge in [0, 0.05) is 25.9 Å². The first-order valence-electron chi connectivity index (χ1n) is 7.25. The molecule has 0 amide bonds. The molecule has 0 aliphatic carbocycles. The molecule has 0 aromatic heterocycles. The summed E-state index contributed by atoms with van der Waals surface area (Å²) in [5.74, 6) is 0.799. The Morgan fingerprint density at radius 2 is 1.95 bits per heavy atom. The molecule has 0 spiro atoms. The van der Waals surface area contributed by atoms with E-state index in [-0.39, 0.29) is 0 Å². The van der Waals surface area contributed by atoms with Crippen LogP contribution in [0.1, 0.15) is 25.0 Å². The number of benzene rings is 1. The van der Waals surface area contributed by atoms with Crippen molar-refractivity contribution in [1.82, 2.24) is 9.62 Å². The van der Waals surface area contributed by atoms with E-state index in [1.165, 1.54) is 9.87 Å². The molecule has 0 heterocycles. The fraction of sp³-hybridized carbons (Fsp3) is 0.600. The summed E-state index contributed by atoms with van der Waals surface area (Å²) in [4.78, 5) is 0.385. The first-order chi connectivity index (χ1) is 9.97. The molecule has 6 heteroatoms. The molecule has 1 aromatic carbocycles. The van der Waals surface area contributed by atoms with Crippen molar-refractivity contribution < 1.29 is 8.42 Å². The maximum absolute atomic E-state index is 12.6. The van der Waals surface area contributed by atoms with Crippen molar-refractivity contribution in [2.45, 2.75) is 31.7 Å². The van der Waals surface area contributed by atoms with Crippen molar-refractivity contribution in [3.8, 4) is 0 Å². The minimum Gasteiger partial charge on any atom is -0.313 e. The summed E-state index contributed by atoms with van der Waals surface area (Å²) in [6.45, 7) is 6.23. The van der Waals surface area contributed by atoms with E-state index in [1.54, 1.807) is 24.9 Å². The topological polar surface area (TPSA) is 49.4 Å². The van der Waals surface area contributed by atoms with Gasteiger partial charge in [0.25, 0.3) is 0 Å². The van der Waals surface area contributed by atoms with Crippen LogP contribution in [0.15, 0.2) is 23.1 Å². The Kier molecular flexibility index (Phi) is 7.73. The Bertz CT molecular complexity index is 545. The summed E-state index contributed by atoms with van der Waals surface area (Å²) in [6.07, 6.45) is 2.88. The molecule has 4 nitrogen and oxygen atoms in total. The smallest absolute Gasteiger partial charge is 0.242 e. The molecule has 21 heavy (non-hydrogen) atoms. The van der Waals surface area contributed by atoms with Crippen LogP contribution in [0.25, 0.3) is 0 Å². The highest BCUT2D eigenvalue weighted by Crippen LogP contribution is 2.20. The highest BCUT2D eigenvalue weighted by Gasteiger charge is 2.21. The third-order valence-electron chi connectivity index (χ3n) is 3.44. The normalized spacial score (nSPS) is 12.0. The van der Waals surface area contributed by atoms with E-state index >= 15 is 0 Å². The Labute approximate surface area is 133 Å². The summed E-state index contributed by atoms with van der Waals surface area (Å²) in [6, 6.07) is 5.47. The number of sulfonamides is 1. The largest absolute Gasteiger partial charge is 0.313 e. The van der Waals surface area contributed by atoms with E-state index in [4.69, 9.17) is 0 Å². The first-order valence-corrected chi connectivity index (χ1v) is 10.1. The molecule has 0 fully saturated rings. The second kappa shape index (κ2) is 8.78. The molecule has 0 unspecified atom stereocenters. The first kappa shape index (κ1) is 18.5. The van der Waals surface area contributed by atoms with Crippen LogP contribution in [0.4, 0.5) is 0 Å². The lowest BCUT2D eigenvalue weighted by Gasteiger charge is -2.18. The van der Waals surface area contributed by atoms with E-state index in [0.29, 0.717) is 18.0 Å². The van der Waals surface area contributed by atoms with Crippen LogP contribution < -0.4 is 5.32 Å². The van der Waals surface area contributed by atoms with Crippen LogP contribution in [0.5, 0.6) is 0 Å². The molecule has 0 aliphatic rings. The average molecular weight is 331 g/mol. The van der Waals surface area contributed by atoms with Gasteiger partial charge in [-0.2, -0.15) is 11.8 Å². The number of nitrogens with zero attached hydrogens (tertiary/aromatic N) is 1. The number of nitrogens with one attached hydrogen (secondary N) is 1. The van der Waals surface area contributed by atoms with Gasteiger partial charge in [-0.3, -0.25) is 0 Å². The lowest BCUT2D eigenvalue weighted by Crippen LogP contribution is -2.29. The Morgan fingerprint density at radius 1 is 1.24 bits per heavy atom. The molecule has 1 aromatic rings. The van der Waals surface area contributed by atoms with Crippen molar-refractivity contribution >= 4 is 21.8 Å². The standard InChI is InChI=1S/C15H26N2O2S2/c1-5-13-7-8-15(11-14(13)12-16-6-2)21(18,19)17(3)9-10-20-4/h7-8,11,16H,5-6,9-10,12H2,1-4H3. The minimum atomic E-state index is -3.39. The van der Waals surface area contributed by atoms with Crippen LogP contribution in [0.2, 0.25) is 0 Å². The maximum Gasteiger partial charge on any atom is 0.242 e. The van der Waals surface area contributed by atoms with Crippen LogP contribution in [-0.4, -0.2) is 44.9 Å². The van der Waals surface area contributed by atoms with Gasteiger partial charge < -0.3 is 5.32 Å². The molecule has 0 saturated carbocycles. The van der Waals surface area contributed by atoms with Gasteiger partial charge in [-0.15, -0.1) is 0 Å². The summed E-state index contributed by atoms with van der Waals surface area (Å²) in [5.41, 5.74) is 2.26. The molecule has 0 radical (unpaired) electrons. The van der Waals surface area contributed by atoms with Crippen LogP contribution in [0.3, 0.4) is 0 Å². The molecule has 0 saturated heterocycles. The average Bonchev–Trinajstić information content (AvgIpc) is 2.49. The predicted molar refractivity (Wildman–Crippen MR) is 91.4 cm³/mol. The molecule has 0 aliphatic heterocycles. The maximum atomic E-state index is 12.6. The van der Waals surface area contributed by atoms with Crippen molar-refractivity contribution in [3.05, 3.63) is 29.3 Å². The summed E-state index contributed by atoms with van der Waals surface area (Å²) >= 11 is 1.65. The van der Waals surface area contributed by atoms with E-state index in [0.717, 1.165) is 24.3 Å². The highest BCUT2D eigenvalue weighted by molar-refractivity contribution is 7.98. The Morgan fingerprint density at radius 3 is 2.52 bits per heavy atom. The summed E-state index contributed by atoms with van der Waals surface area (Å²) < 4.78 is 26.6. The van der Waals surface area contributed by atoms with E-state index in [2.05, 4.69) is 12.2 Å². The zero-order chi connectivity index (χ0) is 15.9. The van der Waals surface area contributed by atoms with Gasteiger partial charge in [-0.1, -0.05) is 19.9 Å². The quantitative estimate of drug-likeness (QED) is 0.755. The highest BCUT2D eigenvalue weighted by atomic mass is 32.2. The van der Waals surface area contributed by atoms with Crippen molar-refractivity contribution in [2.75, 3.05) is 32.1 Å². The van der Waals surface area contributed by atoms with Gasteiger partial charge in [0.2, 0.25) is 10.0 Å². The second-order valence-electron chi connectivity index (χ2n) is 4.88. The third kappa shape index (κ3) is 4.98. The molecule has 0 atom stereocenters. The van der Waals surface area contributed by atoms with Gasteiger partial charge in [0.1, 0.15) is 0 Å². The fourth-order valence-electron chi connectivity index (χ4n) is 2.05. The van der Waals surface area contributed by atoms with Gasteiger partial charge in [-0.05, 0) is 42.5 Å². The van der Waals surface area contributed by atoms with Crippen molar-refractivity contribution in [1.29, 1.82) is 0 Å². The zero-order valence-corrected chi connectivity index (χ0v) is 15.0. The van der Waals surface area contributed by atoms with Crippen LogP contribution >= 0.6 is 11.8 Å². The number of rotatable bonds is 9. The van der Waals surface area contributed by atoms with Gasteiger partial charge in [0.05, 0.1) is 4.90 Å². The molecule has 1 N–H and O–H groups in total. The predicted octanol–water partition coefficient (Wildman–Crippen LogP) is 2.34. The van der Waals surface area contributed by atoms with E-state index in [1.807, 2.05) is 25.3 Å². The second-order valence-corrected chi connectivity index (χ2v) is 7.91. The molecule has 0 bridgehead atoms. The third-order valence-corrected chi connectivity index (χ3v) is 5.89. The summed E-state index contributed by atoms with van der Waals surface area (Å²) in [7, 11) is -1.75. The summed E-state index contributed by atoms with van der Waals surface area (Å²) in [5, 5.41) is 3.27. The van der Waals surface area contributed by atoms with Crippen molar-refractivity contribution in [3.63, 3.8) is 0 Å². The van der Waals surface area contributed by atoms with Crippen LogP contribution in [0, 0.1) is 0 Å². The number of hydrogen-bond acceptors (Lipinski definition) is 4. The van der Waals surface area contributed by atoms with Crippen LogP contribution in [-0.2, 0) is 23.0 Å². The number of aryl methyl sites for hydroxylation is 1. The fourth-order valence-corrected chi connectivity index (χ4v) is 3.85. The van der Waals surface area contributed by atoms with Gasteiger partial charge >= 0.3 is 0 Å². The monoisotopic (exact) mass is 330 g/mol. The lowest BCUT2D eigenvalue weighted by molar-refractivity contribution is 0.488. The van der Waals surface area contributed by atoms with Gasteiger partial charge in [0.15, 0.2) is 0 Å². The molecular formula is C15H26N2O2S2. The van der Waals surface area contributed by atoms with E-state index in [9.17, 15) is 8.42 Å². The van der Waals surface area contributed by atoms with E-state index < -0.39 is 10.0 Å². The molecule has 120 valence electrons. The molecular weight excluding hydrogens is 304 g/mol. The SMILES string of the molecule is CCNCc1cc(S(=O)(=O)N(C)CCSC)ccc1CC. The number of hydrogen-bond donors (Lipinski definition) is 1. The Hall–Kier alpha value is -0.560. The zero-order valence-electron chi connectivity index (χ0n) is 13.3. The lowest BCUT2D eigenvalue weighted by atomic mass is 10.1. The number of thioether (sulfide) groups is 1. The van der Waals surface area contributed by atoms with Crippen molar-refractivity contribution in [2.24, 2.45) is 0 Å². The Balaban J connectivity index is 3.06.